The molecule has 4 heteroatoms. The van der Waals surface area contributed by atoms with Crippen molar-refractivity contribution in [2.75, 3.05) is 5.88 Å². The molecule has 1 unspecified atom stereocenters. The molecule has 0 aliphatic rings. The topological polar surface area (TPSA) is 29.1 Å². The SMILES string of the molecule is Cc1cc(C(C)NC(=O)CCCCCl)c(C)s1. The van der Waals surface area contributed by atoms with Crippen LogP contribution in [-0.2, 0) is 4.79 Å². The van der Waals surface area contributed by atoms with Crippen LogP contribution in [0.5, 0.6) is 0 Å². The third-order valence-corrected chi connectivity index (χ3v) is 3.96. The first-order valence-corrected chi connectivity index (χ1v) is 7.32. The van der Waals surface area contributed by atoms with Gasteiger partial charge in [-0.25, -0.2) is 0 Å². The molecule has 1 heterocycles. The minimum absolute atomic E-state index is 0.100. The third kappa shape index (κ3) is 4.68. The Balaban J connectivity index is 2.46. The molecule has 1 aromatic heterocycles. The summed E-state index contributed by atoms with van der Waals surface area (Å²) in [6.45, 7) is 6.23. The number of halogens is 1. The molecule has 0 aromatic carbocycles. The van der Waals surface area contributed by atoms with E-state index in [0.717, 1.165) is 12.8 Å². The standard InChI is InChI=1S/C13H20ClNOS/c1-9-8-12(11(3)17-9)10(2)15-13(16)6-4-5-7-14/h8,10H,4-7H2,1-3H3,(H,15,16). The highest BCUT2D eigenvalue weighted by Crippen LogP contribution is 2.26. The fourth-order valence-corrected chi connectivity index (χ4v) is 3.06. The molecule has 96 valence electrons. The maximum atomic E-state index is 11.7. The number of amides is 1. The Morgan fingerprint density at radius 1 is 1.47 bits per heavy atom. The molecule has 0 bridgehead atoms. The summed E-state index contributed by atoms with van der Waals surface area (Å²) < 4.78 is 0. The molecule has 0 aliphatic carbocycles. The maximum absolute atomic E-state index is 11.7. The number of nitrogens with one attached hydrogen (secondary N) is 1. The zero-order valence-corrected chi connectivity index (χ0v) is 12.3. The van der Waals surface area contributed by atoms with Gasteiger partial charge in [-0.2, -0.15) is 0 Å². The van der Waals surface area contributed by atoms with Crippen molar-refractivity contribution >= 4 is 28.8 Å². The summed E-state index contributed by atoms with van der Waals surface area (Å²) in [6, 6.07) is 2.26. The van der Waals surface area contributed by atoms with Crippen LogP contribution in [0.3, 0.4) is 0 Å². The minimum Gasteiger partial charge on any atom is -0.350 e. The molecule has 1 amide bonds. The molecule has 0 fully saturated rings. The second kappa shape index (κ2) is 7.02. The average molecular weight is 274 g/mol. The van der Waals surface area contributed by atoms with E-state index in [9.17, 15) is 4.79 Å². The smallest absolute Gasteiger partial charge is 0.220 e. The van der Waals surface area contributed by atoms with Crippen molar-refractivity contribution in [1.82, 2.24) is 5.32 Å². The molecule has 1 N–H and O–H groups in total. The first kappa shape index (κ1) is 14.5. The molecule has 0 saturated heterocycles. The Hall–Kier alpha value is -0.540. The van der Waals surface area contributed by atoms with E-state index in [0.29, 0.717) is 12.3 Å². The summed E-state index contributed by atoms with van der Waals surface area (Å²) in [6.07, 6.45) is 2.34. The van der Waals surface area contributed by atoms with Gasteiger partial charge in [-0.05, 0) is 45.2 Å². The zero-order chi connectivity index (χ0) is 12.8. The number of carbonyl (C=O) groups is 1. The Morgan fingerprint density at radius 3 is 2.71 bits per heavy atom. The van der Waals surface area contributed by atoms with Crippen LogP contribution >= 0.6 is 22.9 Å². The van der Waals surface area contributed by atoms with Gasteiger partial charge in [-0.15, -0.1) is 22.9 Å². The normalized spacial score (nSPS) is 12.5. The number of carbonyl (C=O) groups excluding carboxylic acids is 1. The second-order valence-electron chi connectivity index (χ2n) is 4.30. The van der Waals surface area contributed by atoms with E-state index in [-0.39, 0.29) is 11.9 Å². The van der Waals surface area contributed by atoms with E-state index in [1.54, 1.807) is 11.3 Å². The highest BCUT2D eigenvalue weighted by atomic mass is 35.5. The van der Waals surface area contributed by atoms with E-state index < -0.39 is 0 Å². The molecule has 1 aromatic rings. The number of rotatable bonds is 6. The van der Waals surface area contributed by atoms with E-state index in [1.165, 1.54) is 15.3 Å². The van der Waals surface area contributed by atoms with Crippen LogP contribution in [0.25, 0.3) is 0 Å². The van der Waals surface area contributed by atoms with Crippen molar-refractivity contribution in [2.45, 2.75) is 46.1 Å². The van der Waals surface area contributed by atoms with Crippen LogP contribution < -0.4 is 5.32 Å². The molecular weight excluding hydrogens is 254 g/mol. The van der Waals surface area contributed by atoms with Crippen molar-refractivity contribution in [2.24, 2.45) is 0 Å². The lowest BCUT2D eigenvalue weighted by molar-refractivity contribution is -0.121. The van der Waals surface area contributed by atoms with Crippen LogP contribution in [0.1, 0.15) is 47.5 Å². The highest BCUT2D eigenvalue weighted by Gasteiger charge is 2.13. The lowest BCUT2D eigenvalue weighted by atomic mass is 10.1. The van der Waals surface area contributed by atoms with Gasteiger partial charge in [0.05, 0.1) is 6.04 Å². The van der Waals surface area contributed by atoms with Crippen molar-refractivity contribution in [1.29, 1.82) is 0 Å². The third-order valence-electron chi connectivity index (χ3n) is 2.71. The number of aryl methyl sites for hydroxylation is 2. The van der Waals surface area contributed by atoms with Crippen molar-refractivity contribution in [3.8, 4) is 0 Å². The molecule has 17 heavy (non-hydrogen) atoms. The lowest BCUT2D eigenvalue weighted by Crippen LogP contribution is -2.26. The van der Waals surface area contributed by atoms with Crippen LogP contribution in [0.2, 0.25) is 0 Å². The highest BCUT2D eigenvalue weighted by molar-refractivity contribution is 7.12. The van der Waals surface area contributed by atoms with Gasteiger partial charge in [-0.3, -0.25) is 4.79 Å². The van der Waals surface area contributed by atoms with Crippen LogP contribution in [-0.4, -0.2) is 11.8 Å². The van der Waals surface area contributed by atoms with E-state index in [1.807, 2.05) is 6.92 Å². The summed E-state index contributed by atoms with van der Waals surface area (Å²) in [4.78, 5) is 14.2. The number of alkyl halides is 1. The molecule has 0 radical (unpaired) electrons. The van der Waals surface area contributed by atoms with Crippen LogP contribution in [0.15, 0.2) is 6.07 Å². The Labute approximate surface area is 112 Å². The lowest BCUT2D eigenvalue weighted by Gasteiger charge is -2.13. The molecule has 0 aliphatic heterocycles. The Morgan fingerprint density at radius 2 is 2.18 bits per heavy atom. The summed E-state index contributed by atoms with van der Waals surface area (Å²) >= 11 is 7.36. The Bertz CT molecular complexity index is 375. The number of thiophene rings is 1. The molecule has 0 saturated carbocycles. The summed E-state index contributed by atoms with van der Waals surface area (Å²) in [5.74, 6) is 0.747. The van der Waals surface area contributed by atoms with Crippen molar-refractivity contribution < 1.29 is 4.79 Å². The van der Waals surface area contributed by atoms with Gasteiger partial charge in [0.1, 0.15) is 0 Å². The zero-order valence-electron chi connectivity index (χ0n) is 10.7. The molecule has 1 rings (SSSR count). The summed E-state index contributed by atoms with van der Waals surface area (Å²) in [5, 5.41) is 3.03. The van der Waals surface area contributed by atoms with Crippen molar-refractivity contribution in [3.05, 3.63) is 21.4 Å². The fourth-order valence-electron chi connectivity index (χ4n) is 1.85. The van der Waals surface area contributed by atoms with E-state index in [2.05, 4.69) is 25.2 Å². The molecule has 1 atom stereocenters. The monoisotopic (exact) mass is 273 g/mol. The average Bonchev–Trinajstić information content (AvgIpc) is 2.58. The van der Waals surface area contributed by atoms with Gasteiger partial charge in [0.25, 0.3) is 0 Å². The second-order valence-corrected chi connectivity index (χ2v) is 6.14. The molecular formula is C13H20ClNOS. The van der Waals surface area contributed by atoms with Gasteiger partial charge in [-0.1, -0.05) is 0 Å². The molecule has 2 nitrogen and oxygen atoms in total. The predicted molar refractivity (Wildman–Crippen MR) is 74.9 cm³/mol. The van der Waals surface area contributed by atoms with Gasteiger partial charge < -0.3 is 5.32 Å². The number of hydrogen-bond donors (Lipinski definition) is 1. The maximum Gasteiger partial charge on any atom is 0.220 e. The Kier molecular flexibility index (Phi) is 6.00. The van der Waals surface area contributed by atoms with E-state index >= 15 is 0 Å². The van der Waals surface area contributed by atoms with Crippen LogP contribution in [0.4, 0.5) is 0 Å². The van der Waals surface area contributed by atoms with Gasteiger partial charge >= 0.3 is 0 Å². The summed E-state index contributed by atoms with van der Waals surface area (Å²) in [5.41, 5.74) is 1.23. The predicted octanol–water partition coefficient (Wildman–Crippen LogP) is 3.95. The molecule has 0 spiro atoms. The number of hydrogen-bond acceptors (Lipinski definition) is 2. The van der Waals surface area contributed by atoms with E-state index in [4.69, 9.17) is 11.6 Å². The van der Waals surface area contributed by atoms with Gasteiger partial charge in [0, 0.05) is 22.1 Å². The van der Waals surface area contributed by atoms with Crippen LogP contribution in [0, 0.1) is 13.8 Å². The quantitative estimate of drug-likeness (QED) is 0.617. The minimum atomic E-state index is 0.100. The number of unbranched alkanes of at least 4 members (excludes halogenated alkanes) is 1. The fraction of sp³-hybridized carbons (Fsp3) is 0.615. The first-order valence-electron chi connectivity index (χ1n) is 5.97. The van der Waals surface area contributed by atoms with Gasteiger partial charge in [0.15, 0.2) is 0 Å². The van der Waals surface area contributed by atoms with Gasteiger partial charge in [0.2, 0.25) is 5.91 Å². The largest absolute Gasteiger partial charge is 0.350 e. The van der Waals surface area contributed by atoms with Crippen molar-refractivity contribution in [3.63, 3.8) is 0 Å². The summed E-state index contributed by atoms with van der Waals surface area (Å²) in [7, 11) is 0. The first-order chi connectivity index (χ1) is 8.04.